The van der Waals surface area contributed by atoms with Crippen molar-refractivity contribution in [1.29, 1.82) is 0 Å². The van der Waals surface area contributed by atoms with Crippen LogP contribution >= 0.6 is 34.8 Å². The van der Waals surface area contributed by atoms with Gasteiger partial charge in [-0.15, -0.1) is 0 Å². The fourth-order valence-corrected chi connectivity index (χ4v) is 2.60. The van der Waals surface area contributed by atoms with Crippen LogP contribution in [-0.2, 0) is 0 Å². The summed E-state index contributed by atoms with van der Waals surface area (Å²) in [5.41, 5.74) is 1.89. The maximum absolute atomic E-state index is 11.3. The summed E-state index contributed by atoms with van der Waals surface area (Å²) in [6.45, 7) is 1.72. The number of benzene rings is 1. The van der Waals surface area contributed by atoms with Gasteiger partial charge in [0.25, 0.3) is 5.56 Å². The van der Waals surface area contributed by atoms with Gasteiger partial charge >= 0.3 is 0 Å². The minimum Gasteiger partial charge on any atom is -0.328 e. The molecule has 2 aromatic rings. The predicted molar refractivity (Wildman–Crippen MR) is 72.3 cm³/mol. The Morgan fingerprint density at radius 2 is 1.65 bits per heavy atom. The van der Waals surface area contributed by atoms with E-state index >= 15 is 0 Å². The van der Waals surface area contributed by atoms with Crippen LogP contribution in [0.25, 0.3) is 11.1 Å². The average Bonchev–Trinajstić information content (AvgIpc) is 2.21. The Hall–Kier alpha value is -0.960. The molecule has 0 radical (unpaired) electrons. The van der Waals surface area contributed by atoms with E-state index in [1.807, 2.05) is 0 Å². The molecule has 2 nitrogen and oxygen atoms in total. The van der Waals surface area contributed by atoms with Crippen molar-refractivity contribution in [3.8, 4) is 11.1 Å². The second-order valence-corrected chi connectivity index (χ2v) is 4.90. The summed E-state index contributed by atoms with van der Waals surface area (Å²) in [6.07, 6.45) is 1.58. The lowest BCUT2D eigenvalue weighted by Gasteiger charge is -2.08. The minimum atomic E-state index is -0.130. The summed E-state index contributed by atoms with van der Waals surface area (Å²) in [5.74, 6) is 0. The molecule has 1 heterocycles. The summed E-state index contributed by atoms with van der Waals surface area (Å²) in [7, 11) is 0. The molecule has 17 heavy (non-hydrogen) atoms. The molecule has 0 aliphatic rings. The molecule has 0 spiro atoms. The van der Waals surface area contributed by atoms with Gasteiger partial charge in [0, 0.05) is 27.9 Å². The van der Waals surface area contributed by atoms with Crippen molar-refractivity contribution >= 4 is 34.8 Å². The van der Waals surface area contributed by atoms with Gasteiger partial charge in [0.15, 0.2) is 0 Å². The summed E-state index contributed by atoms with van der Waals surface area (Å²) >= 11 is 18.0. The first-order chi connectivity index (χ1) is 7.99. The first-order valence-electron chi connectivity index (χ1n) is 4.83. The Kier molecular flexibility index (Phi) is 3.48. The van der Waals surface area contributed by atoms with E-state index in [1.54, 1.807) is 31.3 Å². The number of pyridine rings is 1. The van der Waals surface area contributed by atoms with Crippen molar-refractivity contribution in [3.05, 3.63) is 55.4 Å². The van der Waals surface area contributed by atoms with Gasteiger partial charge in [0.05, 0.1) is 10.0 Å². The molecule has 0 aliphatic carbocycles. The number of aromatic amines is 1. The minimum absolute atomic E-state index is 0.130. The topological polar surface area (TPSA) is 32.9 Å². The van der Waals surface area contributed by atoms with Crippen LogP contribution in [0, 0.1) is 6.92 Å². The standard InChI is InChI=1S/C12H8Cl3NO/c1-6-2-7(5-16-12(6)17)11-9(14)3-8(13)4-10(11)15/h2-5H,1H3,(H,16,17). The summed E-state index contributed by atoms with van der Waals surface area (Å²) < 4.78 is 0. The van der Waals surface area contributed by atoms with Crippen LogP contribution in [0.4, 0.5) is 0 Å². The van der Waals surface area contributed by atoms with E-state index in [4.69, 9.17) is 34.8 Å². The van der Waals surface area contributed by atoms with Crippen LogP contribution in [0.1, 0.15) is 5.56 Å². The van der Waals surface area contributed by atoms with Gasteiger partial charge in [0.1, 0.15) is 0 Å². The lowest BCUT2D eigenvalue weighted by atomic mass is 10.1. The SMILES string of the molecule is Cc1cc(-c2c(Cl)cc(Cl)cc2Cl)c[nH]c1=O. The molecular formula is C12H8Cl3NO. The van der Waals surface area contributed by atoms with Crippen LogP contribution < -0.4 is 5.56 Å². The van der Waals surface area contributed by atoms with E-state index in [1.165, 1.54) is 0 Å². The van der Waals surface area contributed by atoms with E-state index in [2.05, 4.69) is 4.98 Å². The highest BCUT2D eigenvalue weighted by atomic mass is 35.5. The van der Waals surface area contributed by atoms with Crippen LogP contribution in [0.15, 0.2) is 29.2 Å². The molecule has 5 heteroatoms. The lowest BCUT2D eigenvalue weighted by molar-refractivity contribution is 1.18. The van der Waals surface area contributed by atoms with Crippen molar-refractivity contribution in [2.24, 2.45) is 0 Å². The fraction of sp³-hybridized carbons (Fsp3) is 0.0833. The van der Waals surface area contributed by atoms with Gasteiger partial charge in [-0.3, -0.25) is 4.79 Å². The molecule has 88 valence electrons. The predicted octanol–water partition coefficient (Wildman–Crippen LogP) is 4.31. The van der Waals surface area contributed by atoms with E-state index in [0.717, 1.165) is 5.56 Å². The zero-order valence-corrected chi connectivity index (χ0v) is 11.1. The molecule has 1 aromatic carbocycles. The third kappa shape index (κ3) is 2.49. The zero-order chi connectivity index (χ0) is 12.6. The second-order valence-electron chi connectivity index (χ2n) is 3.64. The third-order valence-electron chi connectivity index (χ3n) is 2.38. The number of aryl methyl sites for hydroxylation is 1. The van der Waals surface area contributed by atoms with Gasteiger partial charge in [-0.05, 0) is 25.1 Å². The number of halogens is 3. The first kappa shape index (κ1) is 12.5. The van der Waals surface area contributed by atoms with Gasteiger partial charge < -0.3 is 4.98 Å². The number of rotatable bonds is 1. The van der Waals surface area contributed by atoms with Crippen LogP contribution in [0.2, 0.25) is 15.1 Å². The van der Waals surface area contributed by atoms with E-state index in [-0.39, 0.29) is 5.56 Å². The first-order valence-corrected chi connectivity index (χ1v) is 5.96. The fourth-order valence-electron chi connectivity index (χ4n) is 1.56. The van der Waals surface area contributed by atoms with Crippen LogP contribution in [-0.4, -0.2) is 4.98 Å². The number of hydrogen-bond donors (Lipinski definition) is 1. The molecular weight excluding hydrogens is 280 g/mol. The van der Waals surface area contributed by atoms with E-state index < -0.39 is 0 Å². The van der Waals surface area contributed by atoms with Crippen molar-refractivity contribution < 1.29 is 0 Å². The quantitative estimate of drug-likeness (QED) is 0.833. The van der Waals surface area contributed by atoms with Gasteiger partial charge in [-0.25, -0.2) is 0 Å². The molecule has 1 aromatic heterocycles. The number of nitrogens with one attached hydrogen (secondary N) is 1. The van der Waals surface area contributed by atoms with Crippen molar-refractivity contribution in [1.82, 2.24) is 4.98 Å². The maximum atomic E-state index is 11.3. The highest BCUT2D eigenvalue weighted by Crippen LogP contribution is 2.36. The molecule has 0 saturated carbocycles. The molecule has 0 amide bonds. The average molecular weight is 289 g/mol. The lowest BCUT2D eigenvalue weighted by Crippen LogP contribution is -2.08. The van der Waals surface area contributed by atoms with Crippen LogP contribution in [0.3, 0.4) is 0 Å². The number of hydrogen-bond acceptors (Lipinski definition) is 1. The van der Waals surface area contributed by atoms with Crippen molar-refractivity contribution in [2.75, 3.05) is 0 Å². The van der Waals surface area contributed by atoms with E-state index in [0.29, 0.717) is 26.2 Å². The van der Waals surface area contributed by atoms with Gasteiger partial charge in [-0.2, -0.15) is 0 Å². The summed E-state index contributed by atoms with van der Waals surface area (Å²) in [6, 6.07) is 4.97. The van der Waals surface area contributed by atoms with Crippen molar-refractivity contribution in [3.63, 3.8) is 0 Å². The molecule has 0 saturated heterocycles. The Labute approximate surface area is 113 Å². The normalized spacial score (nSPS) is 10.6. The molecule has 0 atom stereocenters. The zero-order valence-electron chi connectivity index (χ0n) is 8.85. The maximum Gasteiger partial charge on any atom is 0.250 e. The third-order valence-corrected chi connectivity index (χ3v) is 3.20. The molecule has 0 fully saturated rings. The smallest absolute Gasteiger partial charge is 0.250 e. The molecule has 2 rings (SSSR count). The largest absolute Gasteiger partial charge is 0.328 e. The summed E-state index contributed by atoms with van der Waals surface area (Å²) in [5, 5.41) is 1.38. The Balaban J connectivity index is 2.68. The summed E-state index contributed by atoms with van der Waals surface area (Å²) in [4.78, 5) is 13.9. The van der Waals surface area contributed by atoms with Gasteiger partial charge in [-0.1, -0.05) is 34.8 Å². The highest BCUT2D eigenvalue weighted by molar-refractivity contribution is 6.41. The van der Waals surface area contributed by atoms with Crippen LogP contribution in [0.5, 0.6) is 0 Å². The molecule has 0 bridgehead atoms. The Bertz CT molecular complexity index is 611. The van der Waals surface area contributed by atoms with Gasteiger partial charge in [0.2, 0.25) is 0 Å². The number of aromatic nitrogens is 1. The monoisotopic (exact) mass is 287 g/mol. The molecule has 0 aliphatic heterocycles. The molecule has 1 N–H and O–H groups in total. The van der Waals surface area contributed by atoms with E-state index in [9.17, 15) is 4.79 Å². The Morgan fingerprint density at radius 3 is 2.18 bits per heavy atom. The second kappa shape index (κ2) is 4.73. The highest BCUT2D eigenvalue weighted by Gasteiger charge is 2.11. The molecule has 0 unspecified atom stereocenters. The van der Waals surface area contributed by atoms with Crippen molar-refractivity contribution in [2.45, 2.75) is 6.92 Å². The Morgan fingerprint density at radius 1 is 1.06 bits per heavy atom. The number of H-pyrrole nitrogens is 1.